The van der Waals surface area contributed by atoms with Crippen molar-refractivity contribution in [3.8, 4) is 17.1 Å². The molecule has 2 aliphatic rings. The highest BCUT2D eigenvalue weighted by Crippen LogP contribution is 2.41. The molecule has 1 unspecified atom stereocenters. The number of aromatic nitrogens is 2. The molecular weight excluding hydrogens is 582 g/mol. The van der Waals surface area contributed by atoms with E-state index < -0.39 is 40.8 Å². The lowest BCUT2D eigenvalue weighted by molar-refractivity contribution is -0.172. The van der Waals surface area contributed by atoms with Crippen LogP contribution >= 0.6 is 0 Å². The number of primary amides is 1. The number of esters is 2. The molecule has 3 aromatic rings. The quantitative estimate of drug-likeness (QED) is 0.148. The molecule has 0 spiro atoms. The maximum atomic E-state index is 13.6. The fourth-order valence-corrected chi connectivity index (χ4v) is 5.89. The van der Waals surface area contributed by atoms with Crippen molar-refractivity contribution >= 4 is 34.7 Å². The maximum Gasteiger partial charge on any atom is 0.343 e. The number of aliphatic hydroxyl groups is 1. The Morgan fingerprint density at radius 3 is 2.60 bits per heavy atom. The minimum Gasteiger partial charge on any atom is -0.458 e. The number of amides is 2. The summed E-state index contributed by atoms with van der Waals surface area (Å²) in [5.41, 5.74) is 11.6. The lowest BCUT2D eigenvalue weighted by atomic mass is 9.86. The fraction of sp³-hybridized carbons (Fsp3) is 0.438. The van der Waals surface area contributed by atoms with Crippen LogP contribution in [0.1, 0.15) is 69.2 Å². The molecule has 13 heteroatoms. The number of cyclic esters (lactones) is 1. The van der Waals surface area contributed by atoms with Crippen LogP contribution in [0, 0.1) is 5.41 Å². The highest BCUT2D eigenvalue weighted by atomic mass is 16.6. The van der Waals surface area contributed by atoms with Crippen molar-refractivity contribution in [3.05, 3.63) is 56.9 Å². The Bertz CT molecular complexity index is 1810. The molecule has 45 heavy (non-hydrogen) atoms. The minimum atomic E-state index is -1.91. The van der Waals surface area contributed by atoms with Gasteiger partial charge in [0.15, 0.2) is 5.60 Å². The Morgan fingerprint density at radius 1 is 1.20 bits per heavy atom. The Hall–Kier alpha value is -4.62. The molecular formula is C32H37N5O8. The number of nitrogens with two attached hydrogens (primary N) is 2. The third kappa shape index (κ3) is 5.57. The zero-order valence-corrected chi connectivity index (χ0v) is 25.7. The summed E-state index contributed by atoms with van der Waals surface area (Å²) in [5.74, 6) is -2.18. The molecule has 0 saturated carbocycles. The molecule has 2 atom stereocenters. The number of nitrogens with one attached hydrogen (secondary N) is 1. The predicted octanol–water partition coefficient (Wildman–Crippen LogP) is 1.28. The summed E-state index contributed by atoms with van der Waals surface area (Å²) in [6, 6.07) is 5.74. The Kier molecular flexibility index (Phi) is 8.27. The highest BCUT2D eigenvalue weighted by molar-refractivity contribution is 5.91. The second-order valence-electron chi connectivity index (χ2n) is 12.1. The molecule has 2 aromatic heterocycles. The van der Waals surface area contributed by atoms with E-state index in [1.807, 2.05) is 6.92 Å². The van der Waals surface area contributed by atoms with Gasteiger partial charge in [-0.25, -0.2) is 9.78 Å². The van der Waals surface area contributed by atoms with Crippen LogP contribution < -0.4 is 27.1 Å². The maximum absolute atomic E-state index is 13.6. The van der Waals surface area contributed by atoms with Crippen molar-refractivity contribution in [3.63, 3.8) is 0 Å². The zero-order valence-electron chi connectivity index (χ0n) is 25.7. The molecule has 2 amide bonds. The van der Waals surface area contributed by atoms with Gasteiger partial charge in [-0.15, -0.1) is 0 Å². The van der Waals surface area contributed by atoms with Gasteiger partial charge in [0, 0.05) is 23.1 Å². The number of aryl methyl sites for hydroxylation is 1. The topological polar surface area (TPSA) is 206 Å². The van der Waals surface area contributed by atoms with Crippen LogP contribution in [0.4, 0.5) is 0 Å². The first-order chi connectivity index (χ1) is 21.2. The second kappa shape index (κ2) is 11.7. The van der Waals surface area contributed by atoms with E-state index in [1.54, 1.807) is 49.6 Å². The van der Waals surface area contributed by atoms with E-state index >= 15 is 0 Å². The number of pyridine rings is 2. The largest absolute Gasteiger partial charge is 0.458 e. The van der Waals surface area contributed by atoms with Gasteiger partial charge in [0.2, 0.25) is 11.8 Å². The van der Waals surface area contributed by atoms with Crippen LogP contribution in [-0.2, 0) is 49.1 Å². The van der Waals surface area contributed by atoms with Crippen LogP contribution in [0.5, 0.6) is 5.75 Å². The molecule has 0 radical (unpaired) electrons. The van der Waals surface area contributed by atoms with Gasteiger partial charge in [-0.1, -0.05) is 13.8 Å². The number of nitrogens with zero attached hydrogens (tertiary/aromatic N) is 2. The van der Waals surface area contributed by atoms with Crippen LogP contribution in [0.15, 0.2) is 29.1 Å². The fourth-order valence-electron chi connectivity index (χ4n) is 5.89. The van der Waals surface area contributed by atoms with Crippen molar-refractivity contribution in [2.45, 2.75) is 78.2 Å². The average Bonchev–Trinajstić information content (AvgIpc) is 3.36. The summed E-state index contributed by atoms with van der Waals surface area (Å²) >= 11 is 0. The van der Waals surface area contributed by atoms with Gasteiger partial charge in [0.1, 0.15) is 12.4 Å². The van der Waals surface area contributed by atoms with Gasteiger partial charge in [-0.2, -0.15) is 0 Å². The van der Waals surface area contributed by atoms with E-state index in [9.17, 15) is 29.1 Å². The molecule has 238 valence electrons. The number of carbonyl (C=O) groups excluding carboxylic acids is 4. The monoisotopic (exact) mass is 619 g/mol. The molecule has 13 nitrogen and oxygen atoms in total. The molecule has 1 aromatic carbocycles. The van der Waals surface area contributed by atoms with Gasteiger partial charge in [-0.05, 0) is 62.9 Å². The van der Waals surface area contributed by atoms with E-state index in [1.165, 1.54) is 0 Å². The zero-order chi connectivity index (χ0) is 32.8. The molecule has 0 aliphatic carbocycles. The van der Waals surface area contributed by atoms with E-state index in [2.05, 4.69) is 5.32 Å². The normalized spacial score (nSPS) is 17.6. The smallest absolute Gasteiger partial charge is 0.343 e. The average molecular weight is 620 g/mol. The standard InChI is InChI=1S/C32H37N5O8/c1-5-17-18-11-16(45-29(41)31(3,4)9-10-35-27(39)22(33)13-25(34)38)7-8-23(18)36-26-19(17)14-37-24(26)12-21-20(28(37)40)15-44-30(42)32(21,43)6-2/h7-8,11-12,22,43H,5-6,9-10,13-15,33H2,1-4H3,(H2,34,38)(H,35,39)/t22?,32-/m0/s1. The van der Waals surface area contributed by atoms with Crippen LogP contribution in [0.25, 0.3) is 22.3 Å². The lowest BCUT2D eigenvalue weighted by Gasteiger charge is -2.31. The van der Waals surface area contributed by atoms with Crippen molar-refractivity contribution in [2.24, 2.45) is 16.9 Å². The lowest BCUT2D eigenvalue weighted by Crippen LogP contribution is -2.44. The van der Waals surface area contributed by atoms with E-state index in [4.69, 9.17) is 25.9 Å². The highest BCUT2D eigenvalue weighted by Gasteiger charge is 2.45. The first-order valence-corrected chi connectivity index (χ1v) is 14.9. The van der Waals surface area contributed by atoms with Gasteiger partial charge in [0.05, 0.1) is 46.9 Å². The Morgan fingerprint density at radius 2 is 1.93 bits per heavy atom. The Balaban J connectivity index is 1.41. The summed E-state index contributed by atoms with van der Waals surface area (Å²) in [7, 11) is 0. The number of hydrogen-bond donors (Lipinski definition) is 4. The van der Waals surface area contributed by atoms with E-state index in [0.29, 0.717) is 29.1 Å². The minimum absolute atomic E-state index is 0.0536. The first kappa shape index (κ1) is 31.8. The molecule has 0 fully saturated rings. The van der Waals surface area contributed by atoms with Gasteiger partial charge >= 0.3 is 11.9 Å². The van der Waals surface area contributed by atoms with Gasteiger partial charge in [0.25, 0.3) is 5.56 Å². The number of ether oxygens (including phenoxy) is 2. The van der Waals surface area contributed by atoms with Gasteiger partial charge < -0.3 is 35.9 Å². The summed E-state index contributed by atoms with van der Waals surface area (Å²) in [4.78, 5) is 67.2. The molecule has 0 saturated heterocycles. The Labute approximate surface area is 258 Å². The summed E-state index contributed by atoms with van der Waals surface area (Å²) in [6.45, 7) is 7.23. The molecule has 0 bridgehead atoms. The van der Waals surface area contributed by atoms with Crippen molar-refractivity contribution in [1.82, 2.24) is 14.9 Å². The molecule has 5 rings (SSSR count). The van der Waals surface area contributed by atoms with Crippen molar-refractivity contribution < 1.29 is 33.8 Å². The molecule has 2 aliphatic heterocycles. The number of benzene rings is 1. The van der Waals surface area contributed by atoms with Crippen molar-refractivity contribution in [2.75, 3.05) is 6.54 Å². The number of carbonyl (C=O) groups is 4. The van der Waals surface area contributed by atoms with E-state index in [0.717, 1.165) is 16.5 Å². The summed E-state index contributed by atoms with van der Waals surface area (Å²) in [6.07, 6.45) is 0.632. The summed E-state index contributed by atoms with van der Waals surface area (Å²) in [5, 5.41) is 14.5. The van der Waals surface area contributed by atoms with Crippen LogP contribution in [0.2, 0.25) is 0 Å². The number of hydrogen-bond acceptors (Lipinski definition) is 10. The first-order valence-electron chi connectivity index (χ1n) is 14.9. The predicted molar refractivity (Wildman–Crippen MR) is 163 cm³/mol. The number of fused-ring (bicyclic) bond motifs is 5. The van der Waals surface area contributed by atoms with E-state index in [-0.39, 0.29) is 55.6 Å². The molecule has 6 N–H and O–H groups in total. The van der Waals surface area contributed by atoms with Crippen LogP contribution in [0.3, 0.4) is 0 Å². The third-order valence-electron chi connectivity index (χ3n) is 8.70. The number of rotatable bonds is 10. The molecule has 4 heterocycles. The summed E-state index contributed by atoms with van der Waals surface area (Å²) < 4.78 is 12.5. The van der Waals surface area contributed by atoms with Gasteiger partial charge in [-0.3, -0.25) is 19.2 Å². The van der Waals surface area contributed by atoms with Crippen molar-refractivity contribution in [1.29, 1.82) is 0 Å². The third-order valence-corrected chi connectivity index (χ3v) is 8.70. The second-order valence-corrected chi connectivity index (χ2v) is 12.1. The van der Waals surface area contributed by atoms with Crippen LogP contribution in [-0.4, -0.2) is 51.0 Å². The SMILES string of the molecule is CCc1c2c(nc3ccc(OC(=O)C(C)(C)CCNC(=O)C(N)CC(N)=O)cc13)-c1cc3c(c(=O)n1C2)COC(=O)[C@]3(O)CC.